The van der Waals surface area contributed by atoms with E-state index >= 15 is 0 Å². The summed E-state index contributed by atoms with van der Waals surface area (Å²) in [6.45, 7) is 2.07. The Bertz CT molecular complexity index is 151. The molecule has 0 radical (unpaired) electrons. The zero-order chi connectivity index (χ0) is 9.03. The van der Waals surface area contributed by atoms with Crippen molar-refractivity contribution < 1.29 is 9.90 Å². The summed E-state index contributed by atoms with van der Waals surface area (Å²) in [6.07, 6.45) is 3.46. The molecule has 1 aliphatic rings. The van der Waals surface area contributed by atoms with E-state index in [9.17, 15) is 4.79 Å². The second kappa shape index (κ2) is 4.01. The Kier molecular flexibility index (Phi) is 3.23. The summed E-state index contributed by atoms with van der Waals surface area (Å²) in [5.41, 5.74) is -0.221. The van der Waals surface area contributed by atoms with E-state index in [0.29, 0.717) is 6.42 Å². The first-order valence-electron chi connectivity index (χ1n) is 4.48. The minimum absolute atomic E-state index is 0.127. The van der Waals surface area contributed by atoms with Crippen molar-refractivity contribution in [3.05, 3.63) is 0 Å². The van der Waals surface area contributed by atoms with Gasteiger partial charge in [0.15, 0.2) is 0 Å². The molecule has 1 aliphatic heterocycles. The van der Waals surface area contributed by atoms with Gasteiger partial charge in [0.25, 0.3) is 0 Å². The molecule has 1 heterocycles. The number of aliphatic hydroxyl groups is 1. The molecule has 0 spiro atoms. The molecule has 0 aliphatic carbocycles. The molecule has 1 rings (SSSR count). The molecule has 0 aromatic heterocycles. The molecule has 0 atom stereocenters. The zero-order valence-corrected chi connectivity index (χ0v) is 7.62. The fourth-order valence-corrected chi connectivity index (χ4v) is 1.71. The van der Waals surface area contributed by atoms with Crippen LogP contribution in [0.4, 0.5) is 0 Å². The Morgan fingerprint density at radius 2 is 2.08 bits per heavy atom. The summed E-state index contributed by atoms with van der Waals surface area (Å²) in [7, 11) is 2.06. The first kappa shape index (κ1) is 9.68. The first-order valence-corrected chi connectivity index (χ1v) is 4.48. The second-order valence-corrected chi connectivity index (χ2v) is 3.76. The lowest BCUT2D eigenvalue weighted by atomic mass is 9.77. The SMILES string of the molecule is CN1CCC(C=O)(CCO)CC1. The van der Waals surface area contributed by atoms with Crippen LogP contribution in [0.5, 0.6) is 0 Å². The highest BCUT2D eigenvalue weighted by molar-refractivity contribution is 5.59. The minimum atomic E-state index is -0.221. The van der Waals surface area contributed by atoms with Crippen molar-refractivity contribution >= 4 is 6.29 Å². The van der Waals surface area contributed by atoms with E-state index in [4.69, 9.17) is 5.11 Å². The van der Waals surface area contributed by atoms with Crippen LogP contribution in [0.3, 0.4) is 0 Å². The van der Waals surface area contributed by atoms with Crippen LogP contribution in [-0.2, 0) is 4.79 Å². The van der Waals surface area contributed by atoms with Crippen LogP contribution in [0.25, 0.3) is 0 Å². The first-order chi connectivity index (χ1) is 5.72. The van der Waals surface area contributed by atoms with Gasteiger partial charge in [-0.15, -0.1) is 0 Å². The topological polar surface area (TPSA) is 40.5 Å². The Morgan fingerprint density at radius 1 is 1.50 bits per heavy atom. The number of aldehydes is 1. The van der Waals surface area contributed by atoms with Gasteiger partial charge in [-0.3, -0.25) is 0 Å². The van der Waals surface area contributed by atoms with Gasteiger partial charge in [0.2, 0.25) is 0 Å². The van der Waals surface area contributed by atoms with Crippen molar-refractivity contribution in [3.63, 3.8) is 0 Å². The lowest BCUT2D eigenvalue weighted by Crippen LogP contribution is -2.39. The lowest BCUT2D eigenvalue weighted by Gasteiger charge is -2.36. The molecule has 3 heteroatoms. The van der Waals surface area contributed by atoms with Gasteiger partial charge in [-0.25, -0.2) is 0 Å². The molecule has 1 fully saturated rings. The highest BCUT2D eigenvalue weighted by Gasteiger charge is 2.32. The zero-order valence-electron chi connectivity index (χ0n) is 7.62. The van der Waals surface area contributed by atoms with Crippen molar-refractivity contribution in [1.29, 1.82) is 0 Å². The van der Waals surface area contributed by atoms with Crippen molar-refractivity contribution in [3.8, 4) is 0 Å². The predicted molar refractivity (Wildman–Crippen MR) is 46.9 cm³/mol. The number of carbonyl (C=O) groups excluding carboxylic acids is 1. The molecule has 1 N–H and O–H groups in total. The van der Waals surface area contributed by atoms with Crippen LogP contribution in [0.15, 0.2) is 0 Å². The molecule has 1 saturated heterocycles. The highest BCUT2D eigenvalue weighted by Crippen LogP contribution is 2.31. The number of piperidine rings is 1. The number of nitrogens with zero attached hydrogens (tertiary/aromatic N) is 1. The molecule has 0 bridgehead atoms. The van der Waals surface area contributed by atoms with Crippen LogP contribution in [0.2, 0.25) is 0 Å². The molecular formula is C9H17NO2. The van der Waals surface area contributed by atoms with Crippen LogP contribution in [0.1, 0.15) is 19.3 Å². The standard InChI is InChI=1S/C9H17NO2/c1-10-5-2-9(8-12,3-6-10)4-7-11/h8,11H,2-7H2,1H3. The molecule has 0 saturated carbocycles. The van der Waals surface area contributed by atoms with Gasteiger partial charge >= 0.3 is 0 Å². The predicted octanol–water partition coefficient (Wildman–Crippen LogP) is 0.280. The Morgan fingerprint density at radius 3 is 2.50 bits per heavy atom. The number of rotatable bonds is 3. The molecule has 12 heavy (non-hydrogen) atoms. The lowest BCUT2D eigenvalue weighted by molar-refractivity contribution is -0.119. The monoisotopic (exact) mass is 171 g/mol. The Balaban J connectivity index is 2.50. The Labute approximate surface area is 73.4 Å². The average molecular weight is 171 g/mol. The number of carbonyl (C=O) groups is 1. The fraction of sp³-hybridized carbons (Fsp3) is 0.889. The summed E-state index contributed by atoms with van der Waals surface area (Å²) in [6, 6.07) is 0. The van der Waals surface area contributed by atoms with Crippen LogP contribution < -0.4 is 0 Å². The molecule has 0 amide bonds. The molecule has 3 nitrogen and oxygen atoms in total. The third kappa shape index (κ3) is 2.05. The summed E-state index contributed by atoms with van der Waals surface area (Å²) >= 11 is 0. The van der Waals surface area contributed by atoms with Gasteiger partial charge < -0.3 is 14.8 Å². The summed E-state index contributed by atoms with van der Waals surface area (Å²) in [5.74, 6) is 0. The van der Waals surface area contributed by atoms with Crippen molar-refractivity contribution in [2.24, 2.45) is 5.41 Å². The smallest absolute Gasteiger partial charge is 0.126 e. The summed E-state index contributed by atoms with van der Waals surface area (Å²) in [5, 5.41) is 8.81. The van der Waals surface area contributed by atoms with E-state index in [2.05, 4.69) is 11.9 Å². The molecule has 0 aromatic rings. The highest BCUT2D eigenvalue weighted by atomic mass is 16.3. The van der Waals surface area contributed by atoms with Crippen LogP contribution in [-0.4, -0.2) is 43.0 Å². The van der Waals surface area contributed by atoms with Crippen molar-refractivity contribution in [2.75, 3.05) is 26.7 Å². The largest absolute Gasteiger partial charge is 0.396 e. The maximum absolute atomic E-state index is 10.8. The van der Waals surface area contributed by atoms with E-state index in [1.807, 2.05) is 0 Å². The third-order valence-corrected chi connectivity index (χ3v) is 2.84. The van der Waals surface area contributed by atoms with Gasteiger partial charge in [0, 0.05) is 12.0 Å². The number of hydrogen-bond donors (Lipinski definition) is 1. The molecule has 0 aromatic carbocycles. The van der Waals surface area contributed by atoms with Crippen molar-refractivity contribution in [2.45, 2.75) is 19.3 Å². The number of aliphatic hydroxyl groups excluding tert-OH is 1. The van der Waals surface area contributed by atoms with E-state index in [0.717, 1.165) is 32.2 Å². The summed E-state index contributed by atoms with van der Waals surface area (Å²) in [4.78, 5) is 13.1. The van der Waals surface area contributed by atoms with Gasteiger partial charge in [-0.2, -0.15) is 0 Å². The molecule has 70 valence electrons. The summed E-state index contributed by atoms with van der Waals surface area (Å²) < 4.78 is 0. The molecule has 0 unspecified atom stereocenters. The number of hydrogen-bond acceptors (Lipinski definition) is 3. The van der Waals surface area contributed by atoms with Gasteiger partial charge in [0.05, 0.1) is 0 Å². The average Bonchev–Trinajstić information content (AvgIpc) is 2.10. The maximum atomic E-state index is 10.8. The molecular weight excluding hydrogens is 154 g/mol. The Hall–Kier alpha value is -0.410. The normalized spacial score (nSPS) is 23.8. The third-order valence-electron chi connectivity index (χ3n) is 2.84. The minimum Gasteiger partial charge on any atom is -0.396 e. The van der Waals surface area contributed by atoms with E-state index < -0.39 is 0 Å². The number of likely N-dealkylation sites (tertiary alicyclic amines) is 1. The van der Waals surface area contributed by atoms with Crippen LogP contribution >= 0.6 is 0 Å². The van der Waals surface area contributed by atoms with Gasteiger partial charge in [0.1, 0.15) is 6.29 Å². The van der Waals surface area contributed by atoms with E-state index in [1.165, 1.54) is 0 Å². The maximum Gasteiger partial charge on any atom is 0.126 e. The van der Waals surface area contributed by atoms with Gasteiger partial charge in [-0.1, -0.05) is 0 Å². The van der Waals surface area contributed by atoms with Crippen LogP contribution in [0, 0.1) is 5.41 Å². The second-order valence-electron chi connectivity index (χ2n) is 3.76. The van der Waals surface area contributed by atoms with E-state index in [1.54, 1.807) is 0 Å². The fourth-order valence-electron chi connectivity index (χ4n) is 1.71. The van der Waals surface area contributed by atoms with E-state index in [-0.39, 0.29) is 12.0 Å². The van der Waals surface area contributed by atoms with Gasteiger partial charge in [-0.05, 0) is 39.4 Å². The van der Waals surface area contributed by atoms with Crippen molar-refractivity contribution in [1.82, 2.24) is 4.90 Å². The quantitative estimate of drug-likeness (QED) is 0.620.